The number of nitrogens with one attached hydrogen (secondary N) is 2. The number of nitro groups is 1. The largest absolute Gasteiger partial charge is 0.381 e. The van der Waals surface area contributed by atoms with Crippen LogP contribution in [0.4, 0.5) is 22.7 Å². The molecule has 9 nitrogen and oxygen atoms in total. The standard InChI is InChI=1S/C31H33N5O4S/c1-24(26-10-6-3-7-11-26)33-30-22-28(14-17-31(30)36(37)38)34-18-20-35(21-19-34)41(39,40)29-15-12-27(13-16-29)32-23-25-8-4-2-5-9-25/h2-17,22,24,32-33H,18-21,23H2,1H3. The molecular formula is C31H33N5O4S. The second kappa shape index (κ2) is 12.4. The van der Waals surface area contributed by atoms with E-state index in [1.807, 2.05) is 67.6 Å². The highest BCUT2D eigenvalue weighted by Crippen LogP contribution is 2.33. The number of nitro benzene ring substituents is 1. The van der Waals surface area contributed by atoms with Crippen molar-refractivity contribution in [3.8, 4) is 0 Å². The van der Waals surface area contributed by atoms with Gasteiger partial charge >= 0.3 is 0 Å². The van der Waals surface area contributed by atoms with Gasteiger partial charge in [0.1, 0.15) is 5.69 Å². The van der Waals surface area contributed by atoms with Gasteiger partial charge in [0.25, 0.3) is 5.69 Å². The van der Waals surface area contributed by atoms with Gasteiger partial charge in [-0.15, -0.1) is 0 Å². The first-order chi connectivity index (χ1) is 19.8. The molecule has 0 radical (unpaired) electrons. The molecule has 4 aromatic rings. The van der Waals surface area contributed by atoms with Crippen LogP contribution in [0.2, 0.25) is 0 Å². The van der Waals surface area contributed by atoms with E-state index in [1.165, 1.54) is 10.4 Å². The third-order valence-electron chi connectivity index (χ3n) is 7.28. The second-order valence-electron chi connectivity index (χ2n) is 9.99. The van der Waals surface area contributed by atoms with E-state index in [0.717, 1.165) is 22.5 Å². The van der Waals surface area contributed by atoms with Crippen LogP contribution in [0, 0.1) is 10.1 Å². The molecule has 1 aliphatic heterocycles. The van der Waals surface area contributed by atoms with E-state index < -0.39 is 14.9 Å². The molecule has 212 valence electrons. The highest BCUT2D eigenvalue weighted by Gasteiger charge is 2.29. The van der Waals surface area contributed by atoms with Gasteiger partial charge in [-0.05, 0) is 54.4 Å². The molecule has 2 N–H and O–H groups in total. The SMILES string of the molecule is CC(Nc1cc(N2CCN(S(=O)(=O)c3ccc(NCc4ccccc4)cc3)CC2)ccc1[N+](=O)[O-])c1ccccc1. The van der Waals surface area contributed by atoms with Crippen LogP contribution in [0.15, 0.2) is 108 Å². The smallest absolute Gasteiger partial charge is 0.292 e. The average Bonchev–Trinajstić information content (AvgIpc) is 3.01. The van der Waals surface area contributed by atoms with Gasteiger partial charge < -0.3 is 15.5 Å². The van der Waals surface area contributed by atoms with Crippen LogP contribution in [-0.2, 0) is 16.6 Å². The van der Waals surface area contributed by atoms with Gasteiger partial charge in [0, 0.05) is 56.2 Å². The third-order valence-corrected chi connectivity index (χ3v) is 9.20. The van der Waals surface area contributed by atoms with E-state index in [4.69, 9.17) is 0 Å². The zero-order chi connectivity index (χ0) is 28.8. The molecule has 0 aliphatic carbocycles. The molecule has 0 spiro atoms. The number of rotatable bonds is 10. The monoisotopic (exact) mass is 571 g/mol. The van der Waals surface area contributed by atoms with Gasteiger partial charge in [-0.2, -0.15) is 4.31 Å². The summed E-state index contributed by atoms with van der Waals surface area (Å²) in [4.78, 5) is 13.6. The lowest BCUT2D eigenvalue weighted by Gasteiger charge is -2.35. The first-order valence-electron chi connectivity index (χ1n) is 13.5. The van der Waals surface area contributed by atoms with Crippen molar-refractivity contribution in [1.82, 2.24) is 4.31 Å². The predicted molar refractivity (Wildman–Crippen MR) is 163 cm³/mol. The van der Waals surface area contributed by atoms with E-state index in [9.17, 15) is 18.5 Å². The summed E-state index contributed by atoms with van der Waals surface area (Å²) in [7, 11) is -3.65. The van der Waals surface area contributed by atoms with Gasteiger partial charge in [0.05, 0.1) is 9.82 Å². The zero-order valence-corrected chi connectivity index (χ0v) is 23.6. The van der Waals surface area contributed by atoms with Gasteiger partial charge in [0.15, 0.2) is 0 Å². The predicted octanol–water partition coefficient (Wildman–Crippen LogP) is 5.89. The Morgan fingerprint density at radius 3 is 2.12 bits per heavy atom. The maximum absolute atomic E-state index is 13.4. The number of sulfonamides is 1. The maximum Gasteiger partial charge on any atom is 0.292 e. The van der Waals surface area contributed by atoms with Crippen molar-refractivity contribution < 1.29 is 13.3 Å². The molecule has 0 aromatic heterocycles. The number of piperazine rings is 1. The lowest BCUT2D eigenvalue weighted by molar-refractivity contribution is -0.384. The Kier molecular flexibility index (Phi) is 8.51. The van der Waals surface area contributed by atoms with Crippen molar-refractivity contribution in [1.29, 1.82) is 0 Å². The fourth-order valence-electron chi connectivity index (χ4n) is 4.93. The minimum absolute atomic E-state index is 0.000509. The molecule has 1 fully saturated rings. The summed E-state index contributed by atoms with van der Waals surface area (Å²) in [5.74, 6) is 0. The Hall–Kier alpha value is -4.41. The highest BCUT2D eigenvalue weighted by atomic mass is 32.2. The fourth-order valence-corrected chi connectivity index (χ4v) is 6.36. The molecule has 1 unspecified atom stereocenters. The Labute approximate surface area is 240 Å². The number of anilines is 3. The molecule has 0 saturated carbocycles. The van der Waals surface area contributed by atoms with Gasteiger partial charge in [-0.25, -0.2) is 8.42 Å². The number of benzene rings is 4. The van der Waals surface area contributed by atoms with Crippen LogP contribution in [0.25, 0.3) is 0 Å². The lowest BCUT2D eigenvalue weighted by atomic mass is 10.1. The molecule has 10 heteroatoms. The van der Waals surface area contributed by atoms with Crippen molar-refractivity contribution in [3.05, 3.63) is 124 Å². The Bertz CT molecular complexity index is 1570. The van der Waals surface area contributed by atoms with E-state index in [-0.39, 0.29) is 16.6 Å². The maximum atomic E-state index is 13.4. The molecular weight excluding hydrogens is 538 g/mol. The number of hydrogen-bond donors (Lipinski definition) is 2. The normalized spacial score (nSPS) is 14.8. The average molecular weight is 572 g/mol. The second-order valence-corrected chi connectivity index (χ2v) is 11.9. The number of nitrogens with zero attached hydrogens (tertiary/aromatic N) is 3. The highest BCUT2D eigenvalue weighted by molar-refractivity contribution is 7.89. The molecule has 41 heavy (non-hydrogen) atoms. The zero-order valence-electron chi connectivity index (χ0n) is 22.8. The first kappa shape index (κ1) is 28.1. The summed E-state index contributed by atoms with van der Waals surface area (Å²) in [5.41, 5.74) is 4.25. The van der Waals surface area contributed by atoms with E-state index in [0.29, 0.717) is 38.4 Å². The van der Waals surface area contributed by atoms with Gasteiger partial charge in [-0.3, -0.25) is 10.1 Å². The summed E-state index contributed by atoms with van der Waals surface area (Å²) in [6.07, 6.45) is 0. The summed E-state index contributed by atoms with van der Waals surface area (Å²) in [5, 5.41) is 18.3. The van der Waals surface area contributed by atoms with Crippen LogP contribution in [0.1, 0.15) is 24.1 Å². The first-order valence-corrected chi connectivity index (χ1v) is 15.0. The summed E-state index contributed by atoms with van der Waals surface area (Å²) in [6.45, 7) is 4.19. The van der Waals surface area contributed by atoms with Crippen molar-refractivity contribution in [2.75, 3.05) is 41.7 Å². The molecule has 0 amide bonds. The van der Waals surface area contributed by atoms with E-state index >= 15 is 0 Å². The third kappa shape index (κ3) is 6.67. The van der Waals surface area contributed by atoms with E-state index in [2.05, 4.69) is 15.5 Å². The minimum atomic E-state index is -3.65. The molecule has 1 heterocycles. The number of hydrogen-bond acceptors (Lipinski definition) is 7. The van der Waals surface area contributed by atoms with Crippen LogP contribution < -0.4 is 15.5 Å². The van der Waals surface area contributed by atoms with Crippen molar-refractivity contribution in [2.45, 2.75) is 24.4 Å². The fraction of sp³-hybridized carbons (Fsp3) is 0.226. The summed E-state index contributed by atoms with van der Waals surface area (Å²) >= 11 is 0. The lowest BCUT2D eigenvalue weighted by Crippen LogP contribution is -2.48. The van der Waals surface area contributed by atoms with E-state index in [1.54, 1.807) is 36.4 Å². The van der Waals surface area contributed by atoms with Crippen molar-refractivity contribution >= 4 is 32.8 Å². The molecule has 4 aromatic carbocycles. The summed E-state index contributed by atoms with van der Waals surface area (Å²) < 4.78 is 28.2. The van der Waals surface area contributed by atoms with Crippen LogP contribution in [0.5, 0.6) is 0 Å². The quantitative estimate of drug-likeness (QED) is 0.180. The van der Waals surface area contributed by atoms with Crippen molar-refractivity contribution in [3.63, 3.8) is 0 Å². The van der Waals surface area contributed by atoms with Crippen LogP contribution in [-0.4, -0.2) is 43.8 Å². The summed E-state index contributed by atoms with van der Waals surface area (Å²) in [6, 6.07) is 31.5. The molecule has 1 saturated heterocycles. The van der Waals surface area contributed by atoms with Gasteiger partial charge in [0.2, 0.25) is 10.0 Å². The Balaban J connectivity index is 1.23. The molecule has 5 rings (SSSR count). The molecule has 1 aliphatic rings. The Morgan fingerprint density at radius 1 is 0.854 bits per heavy atom. The molecule has 1 atom stereocenters. The Morgan fingerprint density at radius 2 is 1.49 bits per heavy atom. The molecule has 0 bridgehead atoms. The topological polar surface area (TPSA) is 108 Å². The minimum Gasteiger partial charge on any atom is -0.381 e. The van der Waals surface area contributed by atoms with Crippen LogP contribution >= 0.6 is 0 Å². The van der Waals surface area contributed by atoms with Gasteiger partial charge in [-0.1, -0.05) is 60.7 Å². The van der Waals surface area contributed by atoms with Crippen LogP contribution in [0.3, 0.4) is 0 Å². The van der Waals surface area contributed by atoms with Crippen molar-refractivity contribution in [2.24, 2.45) is 0 Å².